The fraction of sp³-hybridized carbons (Fsp3) is 0.750. The number of rotatable bonds is 1. The van der Waals surface area contributed by atoms with Crippen LogP contribution in [-0.4, -0.2) is 17.4 Å². The number of carbonyl (C=O) groups is 2. The fourth-order valence-corrected chi connectivity index (χ4v) is 2.29. The van der Waals surface area contributed by atoms with Crippen molar-refractivity contribution in [3.05, 3.63) is 0 Å². The van der Waals surface area contributed by atoms with Gasteiger partial charge in [0.2, 0.25) is 0 Å². The Bertz CT molecular complexity index is 266. The molecule has 0 aliphatic heterocycles. The lowest BCUT2D eigenvalue weighted by molar-refractivity contribution is -0.139. The van der Waals surface area contributed by atoms with Crippen LogP contribution < -0.4 is 16.6 Å². The molecule has 4 N–H and O–H groups in total. The Morgan fingerprint density at radius 3 is 2.62 bits per heavy atom. The van der Waals surface area contributed by atoms with Crippen molar-refractivity contribution >= 4 is 11.8 Å². The number of hydrogen-bond donors (Lipinski definition) is 3. The molecule has 0 bridgehead atoms. The number of carbonyl (C=O) groups excluding carboxylic acids is 2. The molecule has 2 atom stereocenters. The van der Waals surface area contributed by atoms with Crippen molar-refractivity contribution in [3.8, 4) is 0 Å². The van der Waals surface area contributed by atoms with E-state index < -0.39 is 11.8 Å². The molecule has 0 radical (unpaired) electrons. The summed E-state index contributed by atoms with van der Waals surface area (Å²) in [5.41, 5.74) is 1.77. The van der Waals surface area contributed by atoms with E-state index in [1.54, 1.807) is 0 Å². The molecular formula is C8H13N3O2. The quantitative estimate of drug-likeness (QED) is 0.212. The maximum atomic E-state index is 11.2. The van der Waals surface area contributed by atoms with Crippen LogP contribution in [0, 0.1) is 5.92 Å². The zero-order valence-corrected chi connectivity index (χ0v) is 7.30. The number of amides is 2. The van der Waals surface area contributed by atoms with Crippen molar-refractivity contribution in [3.63, 3.8) is 0 Å². The van der Waals surface area contributed by atoms with Crippen molar-refractivity contribution in [1.29, 1.82) is 0 Å². The average Bonchev–Trinajstić information content (AvgIpc) is 2.66. The van der Waals surface area contributed by atoms with E-state index in [1.165, 1.54) is 6.42 Å². The third kappa shape index (κ3) is 1.29. The Balaban J connectivity index is 1.92. The van der Waals surface area contributed by atoms with Crippen LogP contribution in [-0.2, 0) is 9.59 Å². The van der Waals surface area contributed by atoms with E-state index in [2.05, 4.69) is 5.32 Å². The van der Waals surface area contributed by atoms with Gasteiger partial charge in [0.1, 0.15) is 0 Å². The van der Waals surface area contributed by atoms with Gasteiger partial charge in [0.15, 0.2) is 0 Å². The molecule has 2 aliphatic carbocycles. The second-order valence-corrected chi connectivity index (χ2v) is 3.88. The summed E-state index contributed by atoms with van der Waals surface area (Å²) in [6, 6.07) is 0. The van der Waals surface area contributed by atoms with E-state index in [0.29, 0.717) is 5.92 Å². The van der Waals surface area contributed by atoms with Gasteiger partial charge in [-0.25, -0.2) is 5.84 Å². The summed E-state index contributed by atoms with van der Waals surface area (Å²) in [4.78, 5) is 22.0. The molecule has 2 aliphatic rings. The largest absolute Gasteiger partial charge is 0.342 e. The monoisotopic (exact) mass is 183 g/mol. The maximum absolute atomic E-state index is 11.2. The zero-order chi connectivity index (χ0) is 9.47. The highest BCUT2D eigenvalue weighted by Gasteiger charge is 2.58. The molecule has 0 aromatic rings. The third-order valence-electron chi connectivity index (χ3n) is 3.11. The van der Waals surface area contributed by atoms with Gasteiger partial charge in [0, 0.05) is 5.54 Å². The van der Waals surface area contributed by atoms with Crippen LogP contribution in [0.5, 0.6) is 0 Å². The van der Waals surface area contributed by atoms with E-state index in [4.69, 9.17) is 5.84 Å². The first kappa shape index (κ1) is 8.50. The molecule has 0 heterocycles. The highest BCUT2D eigenvalue weighted by molar-refractivity contribution is 6.35. The molecule has 0 unspecified atom stereocenters. The summed E-state index contributed by atoms with van der Waals surface area (Å²) in [6.45, 7) is 0. The highest BCUT2D eigenvalue weighted by atomic mass is 16.2. The van der Waals surface area contributed by atoms with Gasteiger partial charge in [-0.2, -0.15) is 0 Å². The Labute approximate surface area is 76.0 Å². The van der Waals surface area contributed by atoms with Crippen LogP contribution in [0.25, 0.3) is 0 Å². The standard InChI is InChI=1S/C8H13N3O2/c9-11-7(13)6(12)10-8-3-1-2-5(8)4-8/h5H,1-4,9H2,(H,10,12)(H,11,13)/t5-,8-/m1/s1. The van der Waals surface area contributed by atoms with Gasteiger partial charge in [-0.3, -0.25) is 15.0 Å². The number of hydrogen-bond acceptors (Lipinski definition) is 3. The molecule has 72 valence electrons. The van der Waals surface area contributed by atoms with E-state index in [9.17, 15) is 9.59 Å². The zero-order valence-electron chi connectivity index (χ0n) is 7.30. The Morgan fingerprint density at radius 1 is 1.38 bits per heavy atom. The number of nitrogens with two attached hydrogens (primary N) is 1. The van der Waals surface area contributed by atoms with E-state index in [-0.39, 0.29) is 5.54 Å². The molecular weight excluding hydrogens is 170 g/mol. The molecule has 5 heteroatoms. The lowest BCUT2D eigenvalue weighted by atomic mass is 10.2. The van der Waals surface area contributed by atoms with Gasteiger partial charge < -0.3 is 5.32 Å². The molecule has 0 saturated heterocycles. The van der Waals surface area contributed by atoms with Crippen LogP contribution in [0.1, 0.15) is 25.7 Å². The summed E-state index contributed by atoms with van der Waals surface area (Å²) in [5.74, 6) is 4.08. The lowest BCUT2D eigenvalue weighted by Gasteiger charge is -2.13. The van der Waals surface area contributed by atoms with Crippen LogP contribution in [0.4, 0.5) is 0 Å². The molecule has 2 rings (SSSR count). The lowest BCUT2D eigenvalue weighted by Crippen LogP contribution is -2.47. The highest BCUT2D eigenvalue weighted by Crippen LogP contribution is 2.55. The average molecular weight is 183 g/mol. The minimum atomic E-state index is -0.757. The predicted molar refractivity (Wildman–Crippen MR) is 45.2 cm³/mol. The Kier molecular flexibility index (Phi) is 1.76. The molecule has 2 fully saturated rings. The minimum absolute atomic E-state index is 0.0520. The minimum Gasteiger partial charge on any atom is -0.342 e. The van der Waals surface area contributed by atoms with Crippen LogP contribution in [0.3, 0.4) is 0 Å². The first-order valence-electron chi connectivity index (χ1n) is 4.51. The topological polar surface area (TPSA) is 84.2 Å². The summed E-state index contributed by atoms with van der Waals surface area (Å²) < 4.78 is 0. The maximum Gasteiger partial charge on any atom is 0.323 e. The van der Waals surface area contributed by atoms with Gasteiger partial charge in [-0.1, -0.05) is 6.42 Å². The van der Waals surface area contributed by atoms with Crippen LogP contribution in [0.2, 0.25) is 0 Å². The number of hydrazine groups is 1. The summed E-state index contributed by atoms with van der Waals surface area (Å²) in [5, 5.41) is 2.75. The molecule has 0 aromatic carbocycles. The van der Waals surface area contributed by atoms with Gasteiger partial charge in [-0.15, -0.1) is 0 Å². The predicted octanol–water partition coefficient (Wildman–Crippen LogP) is -0.965. The Hall–Kier alpha value is -1.10. The Morgan fingerprint density at radius 2 is 2.15 bits per heavy atom. The van der Waals surface area contributed by atoms with E-state index >= 15 is 0 Å². The van der Waals surface area contributed by atoms with Gasteiger partial charge in [-0.05, 0) is 25.2 Å². The number of fused-ring (bicyclic) bond motifs is 1. The molecule has 0 spiro atoms. The third-order valence-corrected chi connectivity index (χ3v) is 3.11. The second-order valence-electron chi connectivity index (χ2n) is 3.88. The molecule has 0 aromatic heterocycles. The van der Waals surface area contributed by atoms with Crippen molar-refractivity contribution in [2.45, 2.75) is 31.2 Å². The molecule has 2 saturated carbocycles. The van der Waals surface area contributed by atoms with Gasteiger partial charge in [0.05, 0.1) is 0 Å². The number of nitrogens with one attached hydrogen (secondary N) is 2. The summed E-state index contributed by atoms with van der Waals surface area (Å²) >= 11 is 0. The van der Waals surface area contributed by atoms with Crippen LogP contribution in [0.15, 0.2) is 0 Å². The van der Waals surface area contributed by atoms with Crippen molar-refractivity contribution in [2.75, 3.05) is 0 Å². The normalized spacial score (nSPS) is 35.0. The molecule has 2 amide bonds. The van der Waals surface area contributed by atoms with Crippen LogP contribution >= 0.6 is 0 Å². The van der Waals surface area contributed by atoms with E-state index in [1.807, 2.05) is 5.43 Å². The summed E-state index contributed by atoms with van der Waals surface area (Å²) in [7, 11) is 0. The van der Waals surface area contributed by atoms with Crippen molar-refractivity contribution < 1.29 is 9.59 Å². The smallest absolute Gasteiger partial charge is 0.323 e. The molecule has 5 nitrogen and oxygen atoms in total. The van der Waals surface area contributed by atoms with Gasteiger partial charge in [0.25, 0.3) is 0 Å². The molecule has 13 heavy (non-hydrogen) atoms. The summed E-state index contributed by atoms with van der Waals surface area (Å²) in [6.07, 6.45) is 4.34. The van der Waals surface area contributed by atoms with Crippen molar-refractivity contribution in [2.24, 2.45) is 11.8 Å². The SMILES string of the molecule is NNC(=O)C(=O)N[C@@]12CCC[C@@H]1C2. The van der Waals surface area contributed by atoms with E-state index in [0.717, 1.165) is 19.3 Å². The first-order valence-corrected chi connectivity index (χ1v) is 4.51. The first-order chi connectivity index (χ1) is 6.18. The van der Waals surface area contributed by atoms with Crippen molar-refractivity contribution in [1.82, 2.24) is 10.7 Å². The second kappa shape index (κ2) is 2.70. The fourth-order valence-electron chi connectivity index (χ4n) is 2.29. The van der Waals surface area contributed by atoms with Gasteiger partial charge >= 0.3 is 11.8 Å².